The number of likely N-dealkylation sites (tertiary alicyclic amines) is 1. The molecule has 0 aromatic heterocycles. The highest BCUT2D eigenvalue weighted by Crippen LogP contribution is 2.51. The van der Waals surface area contributed by atoms with Gasteiger partial charge in [-0.15, -0.1) is 0 Å². The Morgan fingerprint density at radius 3 is 2.78 bits per heavy atom. The topological polar surface area (TPSA) is 49.8 Å². The highest BCUT2D eigenvalue weighted by molar-refractivity contribution is 6.34. The zero-order chi connectivity index (χ0) is 16.6. The van der Waals surface area contributed by atoms with Crippen molar-refractivity contribution in [1.82, 2.24) is 4.90 Å². The average Bonchev–Trinajstić information content (AvgIpc) is 2.57. The number of rotatable bonds is 3. The summed E-state index contributed by atoms with van der Waals surface area (Å²) in [5.41, 5.74) is -0.0449. The van der Waals surface area contributed by atoms with E-state index in [2.05, 4.69) is 0 Å². The molecular weight excluding hydrogens is 321 g/mol. The molecule has 1 N–H and O–H groups in total. The fraction of sp³-hybridized carbons (Fsp3) is 0.588. The van der Waals surface area contributed by atoms with E-state index in [1.807, 2.05) is 6.92 Å². The summed E-state index contributed by atoms with van der Waals surface area (Å²) < 4.78 is 19.3. The maximum absolute atomic E-state index is 13.5. The van der Waals surface area contributed by atoms with E-state index in [1.54, 1.807) is 11.0 Å². The van der Waals surface area contributed by atoms with E-state index in [-0.39, 0.29) is 34.1 Å². The van der Waals surface area contributed by atoms with Gasteiger partial charge in [0.1, 0.15) is 5.82 Å². The number of halogens is 2. The molecule has 0 radical (unpaired) electrons. The van der Waals surface area contributed by atoms with E-state index in [0.29, 0.717) is 39.0 Å². The number of carbonyl (C=O) groups is 1. The third-order valence-electron chi connectivity index (χ3n) is 5.27. The first-order valence-corrected chi connectivity index (χ1v) is 8.40. The maximum atomic E-state index is 13.5. The second kappa shape index (κ2) is 6.38. The second-order valence-electron chi connectivity index (χ2n) is 6.32. The van der Waals surface area contributed by atoms with Crippen molar-refractivity contribution in [2.45, 2.75) is 38.4 Å². The molecule has 1 spiro atoms. The molecule has 0 bridgehead atoms. The predicted molar refractivity (Wildman–Crippen MR) is 85.0 cm³/mol. The Bertz CT molecular complexity index is 600. The first kappa shape index (κ1) is 16.7. The molecule has 126 valence electrons. The number of aliphatic hydroxyl groups is 1. The second-order valence-corrected chi connectivity index (χ2v) is 6.70. The van der Waals surface area contributed by atoms with Crippen LogP contribution in [0.5, 0.6) is 0 Å². The minimum absolute atomic E-state index is 0.0671. The third kappa shape index (κ3) is 2.75. The van der Waals surface area contributed by atoms with E-state index in [1.165, 1.54) is 12.1 Å². The Kier molecular flexibility index (Phi) is 4.63. The Labute approximate surface area is 140 Å². The number of nitrogens with zero attached hydrogens (tertiary/aromatic N) is 1. The Morgan fingerprint density at radius 2 is 2.17 bits per heavy atom. The van der Waals surface area contributed by atoms with Gasteiger partial charge in [0.2, 0.25) is 0 Å². The number of aliphatic hydroxyl groups excluding tert-OH is 1. The fourth-order valence-electron chi connectivity index (χ4n) is 3.78. The van der Waals surface area contributed by atoms with Gasteiger partial charge in [-0.1, -0.05) is 17.7 Å². The van der Waals surface area contributed by atoms with Gasteiger partial charge in [0.05, 0.1) is 22.8 Å². The molecule has 1 aliphatic carbocycles. The van der Waals surface area contributed by atoms with E-state index < -0.39 is 5.82 Å². The first-order valence-electron chi connectivity index (χ1n) is 8.02. The number of ether oxygens (including phenoxy) is 1. The van der Waals surface area contributed by atoms with Crippen LogP contribution in [0.3, 0.4) is 0 Å². The molecule has 23 heavy (non-hydrogen) atoms. The molecular formula is C17H21ClFNO3. The highest BCUT2D eigenvalue weighted by Gasteiger charge is 2.56. The molecule has 2 unspecified atom stereocenters. The number of amides is 1. The molecule has 1 amide bonds. The summed E-state index contributed by atoms with van der Waals surface area (Å²) in [7, 11) is 0. The number of hydrogen-bond acceptors (Lipinski definition) is 3. The van der Waals surface area contributed by atoms with E-state index in [4.69, 9.17) is 16.3 Å². The lowest BCUT2D eigenvalue weighted by atomic mass is 9.58. The molecule has 1 aromatic carbocycles. The van der Waals surface area contributed by atoms with Gasteiger partial charge in [-0.05, 0) is 31.9 Å². The Hall–Kier alpha value is -1.17. The highest BCUT2D eigenvalue weighted by atomic mass is 35.5. The molecule has 1 heterocycles. The Balaban J connectivity index is 1.69. The van der Waals surface area contributed by atoms with E-state index >= 15 is 0 Å². The summed E-state index contributed by atoms with van der Waals surface area (Å²) in [6, 6.07) is 4.27. The summed E-state index contributed by atoms with van der Waals surface area (Å²) in [4.78, 5) is 14.2. The number of piperidine rings is 1. The SMILES string of the molecule is CCOC1CC(O)C12CCN(C(=O)c1cccc(F)c1Cl)CC2. The van der Waals surface area contributed by atoms with Crippen LogP contribution in [0.2, 0.25) is 5.02 Å². The van der Waals surface area contributed by atoms with Crippen LogP contribution in [0, 0.1) is 11.2 Å². The molecule has 1 saturated heterocycles. The zero-order valence-corrected chi connectivity index (χ0v) is 13.9. The van der Waals surface area contributed by atoms with Crippen LogP contribution in [-0.4, -0.2) is 47.8 Å². The average molecular weight is 342 g/mol. The van der Waals surface area contributed by atoms with Crippen LogP contribution in [-0.2, 0) is 4.74 Å². The maximum Gasteiger partial charge on any atom is 0.255 e. The van der Waals surface area contributed by atoms with Crippen molar-refractivity contribution in [2.75, 3.05) is 19.7 Å². The van der Waals surface area contributed by atoms with E-state index in [9.17, 15) is 14.3 Å². The molecule has 2 aliphatic rings. The number of benzene rings is 1. The lowest BCUT2D eigenvalue weighted by Gasteiger charge is -2.56. The van der Waals surface area contributed by atoms with Gasteiger partial charge in [0, 0.05) is 31.5 Å². The lowest BCUT2D eigenvalue weighted by molar-refractivity contribution is -0.207. The van der Waals surface area contributed by atoms with Crippen LogP contribution in [0.15, 0.2) is 18.2 Å². The van der Waals surface area contributed by atoms with Gasteiger partial charge in [-0.3, -0.25) is 4.79 Å². The molecule has 1 saturated carbocycles. The van der Waals surface area contributed by atoms with Crippen LogP contribution in [0.4, 0.5) is 4.39 Å². The van der Waals surface area contributed by atoms with Crippen LogP contribution < -0.4 is 0 Å². The van der Waals surface area contributed by atoms with Crippen LogP contribution in [0.25, 0.3) is 0 Å². The normalized spacial score (nSPS) is 26.2. The van der Waals surface area contributed by atoms with Gasteiger partial charge in [-0.25, -0.2) is 4.39 Å². The standard InChI is InChI=1S/C17H21ClFNO3/c1-2-23-14-10-13(21)17(14)6-8-20(9-7-17)16(22)11-4-3-5-12(19)15(11)18/h3-5,13-14,21H,2,6-10H2,1H3. The fourth-order valence-corrected chi connectivity index (χ4v) is 3.99. The molecule has 4 nitrogen and oxygen atoms in total. The molecule has 2 fully saturated rings. The van der Waals surface area contributed by atoms with Gasteiger partial charge in [0.25, 0.3) is 5.91 Å². The largest absolute Gasteiger partial charge is 0.392 e. The van der Waals surface area contributed by atoms with Gasteiger partial charge >= 0.3 is 0 Å². The smallest absolute Gasteiger partial charge is 0.255 e. The van der Waals surface area contributed by atoms with E-state index in [0.717, 1.165) is 0 Å². The summed E-state index contributed by atoms with van der Waals surface area (Å²) in [6.45, 7) is 3.61. The molecule has 1 aromatic rings. The van der Waals surface area contributed by atoms with Gasteiger partial charge in [-0.2, -0.15) is 0 Å². The van der Waals surface area contributed by atoms with Crippen LogP contribution >= 0.6 is 11.6 Å². The predicted octanol–water partition coefficient (Wildman–Crippen LogP) is 2.87. The first-order chi connectivity index (χ1) is 11.0. The minimum Gasteiger partial charge on any atom is -0.392 e. The van der Waals surface area contributed by atoms with Gasteiger partial charge in [0.15, 0.2) is 0 Å². The lowest BCUT2D eigenvalue weighted by Crippen LogP contribution is -2.62. The molecule has 3 rings (SSSR count). The van der Waals surface area contributed by atoms with Crippen molar-refractivity contribution in [3.63, 3.8) is 0 Å². The quantitative estimate of drug-likeness (QED) is 0.919. The minimum atomic E-state index is -0.586. The zero-order valence-electron chi connectivity index (χ0n) is 13.1. The van der Waals surface area contributed by atoms with Crippen molar-refractivity contribution < 1.29 is 19.0 Å². The number of carbonyl (C=O) groups excluding carboxylic acids is 1. The number of hydrogen-bond donors (Lipinski definition) is 1. The summed E-state index contributed by atoms with van der Waals surface area (Å²) in [5, 5.41) is 10.1. The third-order valence-corrected chi connectivity index (χ3v) is 5.66. The van der Waals surface area contributed by atoms with Crippen LogP contribution in [0.1, 0.15) is 36.5 Å². The van der Waals surface area contributed by atoms with Crippen molar-refractivity contribution in [1.29, 1.82) is 0 Å². The van der Waals surface area contributed by atoms with Crippen molar-refractivity contribution >= 4 is 17.5 Å². The van der Waals surface area contributed by atoms with Crippen molar-refractivity contribution in [2.24, 2.45) is 5.41 Å². The van der Waals surface area contributed by atoms with Gasteiger partial charge < -0.3 is 14.7 Å². The summed E-state index contributed by atoms with van der Waals surface area (Å²) in [6.07, 6.45) is 1.75. The molecule has 1 aliphatic heterocycles. The monoisotopic (exact) mass is 341 g/mol. The Morgan fingerprint density at radius 1 is 1.48 bits per heavy atom. The molecule has 2 atom stereocenters. The molecule has 6 heteroatoms. The van der Waals surface area contributed by atoms with Crippen molar-refractivity contribution in [3.05, 3.63) is 34.6 Å². The summed E-state index contributed by atoms with van der Waals surface area (Å²) >= 11 is 5.91. The van der Waals surface area contributed by atoms with Crippen molar-refractivity contribution in [3.8, 4) is 0 Å². The summed E-state index contributed by atoms with van der Waals surface area (Å²) in [5.74, 6) is -0.844.